The Bertz CT molecular complexity index is 914. The quantitative estimate of drug-likeness (QED) is 0.718. The summed E-state index contributed by atoms with van der Waals surface area (Å²) in [5.74, 6) is -0.533. The molecule has 0 radical (unpaired) electrons. The van der Waals surface area contributed by atoms with Gasteiger partial charge >= 0.3 is 0 Å². The molecule has 29 heavy (non-hydrogen) atoms. The average molecular weight is 397 g/mol. The topological polar surface area (TPSA) is 91.1 Å². The smallest absolute Gasteiger partial charge is 0.289 e. The van der Waals surface area contributed by atoms with Crippen LogP contribution < -0.4 is 4.90 Å². The molecule has 1 fully saturated rings. The summed E-state index contributed by atoms with van der Waals surface area (Å²) in [6.07, 6.45) is 1.45. The van der Waals surface area contributed by atoms with E-state index in [1.165, 1.54) is 25.0 Å². The standard InChI is InChI=1S/C21H23N3O5/c1-15(25)17-5-3-6-18(13-17)24(16(2)26)14-20(27)22-8-10-23(11-9-22)21(28)19-7-4-12-29-19/h3-7,12-13H,8-11,14H2,1-2H3. The lowest BCUT2D eigenvalue weighted by molar-refractivity contribution is -0.132. The Balaban J connectivity index is 1.63. The third-order valence-electron chi connectivity index (χ3n) is 4.89. The van der Waals surface area contributed by atoms with Crippen LogP contribution in [0.1, 0.15) is 34.8 Å². The zero-order valence-electron chi connectivity index (χ0n) is 16.5. The van der Waals surface area contributed by atoms with Crippen molar-refractivity contribution in [3.05, 3.63) is 54.0 Å². The minimum absolute atomic E-state index is 0.112. The molecule has 0 atom stereocenters. The van der Waals surface area contributed by atoms with Crippen LogP contribution >= 0.6 is 0 Å². The molecule has 0 saturated carbocycles. The highest BCUT2D eigenvalue weighted by Gasteiger charge is 2.27. The number of carbonyl (C=O) groups is 4. The summed E-state index contributed by atoms with van der Waals surface area (Å²) in [7, 11) is 0. The lowest BCUT2D eigenvalue weighted by Gasteiger charge is -2.35. The second kappa shape index (κ2) is 8.72. The van der Waals surface area contributed by atoms with Gasteiger partial charge in [0, 0.05) is 44.4 Å². The van der Waals surface area contributed by atoms with Gasteiger partial charge in [0.05, 0.1) is 6.26 Å². The molecule has 1 aliphatic heterocycles. The minimum atomic E-state index is -0.286. The molecule has 152 valence electrons. The van der Waals surface area contributed by atoms with Gasteiger partial charge in [0.2, 0.25) is 11.8 Å². The van der Waals surface area contributed by atoms with Gasteiger partial charge in [-0.25, -0.2) is 0 Å². The summed E-state index contributed by atoms with van der Waals surface area (Å²) in [6.45, 7) is 4.26. The van der Waals surface area contributed by atoms with E-state index in [-0.39, 0.29) is 35.8 Å². The van der Waals surface area contributed by atoms with Crippen molar-refractivity contribution in [2.45, 2.75) is 13.8 Å². The van der Waals surface area contributed by atoms with Crippen LogP contribution in [0.3, 0.4) is 0 Å². The molecule has 3 rings (SSSR count). The molecule has 8 nitrogen and oxygen atoms in total. The van der Waals surface area contributed by atoms with Crippen molar-refractivity contribution in [1.82, 2.24) is 9.80 Å². The molecule has 8 heteroatoms. The Kier molecular flexibility index (Phi) is 6.11. The van der Waals surface area contributed by atoms with Gasteiger partial charge in [-0.15, -0.1) is 0 Å². The Hall–Kier alpha value is -3.42. The summed E-state index contributed by atoms with van der Waals surface area (Å²) in [5, 5.41) is 0. The first-order chi connectivity index (χ1) is 13.9. The van der Waals surface area contributed by atoms with Crippen molar-refractivity contribution in [3.8, 4) is 0 Å². The number of hydrogen-bond donors (Lipinski definition) is 0. The third kappa shape index (κ3) is 4.71. The maximum Gasteiger partial charge on any atom is 0.289 e. The number of Topliss-reactive ketones (excluding diaryl/α,β-unsaturated/α-hetero) is 1. The molecule has 1 aromatic carbocycles. The van der Waals surface area contributed by atoms with Gasteiger partial charge in [-0.2, -0.15) is 0 Å². The van der Waals surface area contributed by atoms with Gasteiger partial charge in [0.25, 0.3) is 5.91 Å². The van der Waals surface area contributed by atoms with Crippen LogP contribution in [0, 0.1) is 0 Å². The van der Waals surface area contributed by atoms with Crippen LogP contribution in [-0.4, -0.2) is 66.0 Å². The van der Waals surface area contributed by atoms with E-state index in [2.05, 4.69) is 0 Å². The first-order valence-corrected chi connectivity index (χ1v) is 9.36. The number of furan rings is 1. The predicted molar refractivity (Wildman–Crippen MR) is 106 cm³/mol. The summed E-state index contributed by atoms with van der Waals surface area (Å²) in [5.41, 5.74) is 0.983. The lowest BCUT2D eigenvalue weighted by Crippen LogP contribution is -2.53. The molecule has 0 aliphatic carbocycles. The number of carbonyl (C=O) groups excluding carboxylic acids is 4. The number of piperazine rings is 1. The third-order valence-corrected chi connectivity index (χ3v) is 4.89. The highest BCUT2D eigenvalue weighted by Crippen LogP contribution is 2.18. The van der Waals surface area contributed by atoms with E-state index in [1.807, 2.05) is 0 Å². The fourth-order valence-electron chi connectivity index (χ4n) is 3.23. The molecule has 2 heterocycles. The minimum Gasteiger partial charge on any atom is -0.459 e. The zero-order valence-corrected chi connectivity index (χ0v) is 16.5. The van der Waals surface area contributed by atoms with Crippen LogP contribution in [-0.2, 0) is 9.59 Å². The van der Waals surface area contributed by atoms with Crippen LogP contribution in [0.4, 0.5) is 5.69 Å². The van der Waals surface area contributed by atoms with Gasteiger partial charge in [-0.05, 0) is 31.2 Å². The van der Waals surface area contributed by atoms with Gasteiger partial charge in [0.15, 0.2) is 11.5 Å². The van der Waals surface area contributed by atoms with Crippen molar-refractivity contribution in [1.29, 1.82) is 0 Å². The normalized spacial score (nSPS) is 13.9. The molecule has 0 unspecified atom stereocenters. The van der Waals surface area contributed by atoms with Crippen molar-refractivity contribution >= 4 is 29.2 Å². The molecule has 0 bridgehead atoms. The van der Waals surface area contributed by atoms with E-state index >= 15 is 0 Å². The zero-order chi connectivity index (χ0) is 21.0. The second-order valence-corrected chi connectivity index (χ2v) is 6.86. The first kappa shape index (κ1) is 20.3. The Labute approximate surface area is 168 Å². The number of hydrogen-bond acceptors (Lipinski definition) is 5. The predicted octanol–water partition coefficient (Wildman–Crippen LogP) is 1.82. The van der Waals surface area contributed by atoms with Crippen LogP contribution in [0.15, 0.2) is 47.1 Å². The highest BCUT2D eigenvalue weighted by molar-refractivity contribution is 6.00. The lowest BCUT2D eigenvalue weighted by atomic mass is 10.1. The van der Waals surface area contributed by atoms with E-state index in [4.69, 9.17) is 4.42 Å². The van der Waals surface area contributed by atoms with E-state index in [1.54, 1.807) is 46.2 Å². The van der Waals surface area contributed by atoms with E-state index < -0.39 is 0 Å². The largest absolute Gasteiger partial charge is 0.459 e. The monoisotopic (exact) mass is 397 g/mol. The fourth-order valence-corrected chi connectivity index (χ4v) is 3.23. The van der Waals surface area contributed by atoms with E-state index in [9.17, 15) is 19.2 Å². The van der Waals surface area contributed by atoms with Gasteiger partial charge in [-0.3, -0.25) is 19.2 Å². The summed E-state index contributed by atoms with van der Waals surface area (Å²) < 4.78 is 5.14. The molecule has 2 aromatic rings. The molecular formula is C21H23N3O5. The van der Waals surface area contributed by atoms with Crippen LogP contribution in [0.5, 0.6) is 0 Å². The number of benzene rings is 1. The molecular weight excluding hydrogens is 374 g/mol. The number of nitrogens with zero attached hydrogens (tertiary/aromatic N) is 3. The summed E-state index contributed by atoms with van der Waals surface area (Å²) in [6, 6.07) is 9.93. The fraction of sp³-hybridized carbons (Fsp3) is 0.333. The molecule has 1 aromatic heterocycles. The number of anilines is 1. The van der Waals surface area contributed by atoms with Gasteiger partial charge < -0.3 is 19.1 Å². The van der Waals surface area contributed by atoms with E-state index in [0.717, 1.165) is 0 Å². The summed E-state index contributed by atoms with van der Waals surface area (Å²) in [4.78, 5) is 53.4. The Morgan fingerprint density at radius 2 is 1.66 bits per heavy atom. The van der Waals surface area contributed by atoms with Crippen molar-refractivity contribution < 1.29 is 23.6 Å². The summed E-state index contributed by atoms with van der Waals surface area (Å²) >= 11 is 0. The van der Waals surface area contributed by atoms with Crippen LogP contribution in [0.25, 0.3) is 0 Å². The van der Waals surface area contributed by atoms with Crippen molar-refractivity contribution in [2.75, 3.05) is 37.6 Å². The van der Waals surface area contributed by atoms with Gasteiger partial charge in [-0.1, -0.05) is 12.1 Å². The molecule has 0 N–H and O–H groups in total. The molecule has 3 amide bonds. The van der Waals surface area contributed by atoms with Gasteiger partial charge in [0.1, 0.15) is 6.54 Å². The first-order valence-electron chi connectivity index (χ1n) is 9.36. The average Bonchev–Trinajstić information content (AvgIpc) is 3.26. The number of amides is 3. The number of rotatable bonds is 5. The maximum absolute atomic E-state index is 12.8. The SMILES string of the molecule is CC(=O)c1cccc(N(CC(=O)N2CCN(C(=O)c3ccco3)CC2)C(C)=O)c1. The van der Waals surface area contributed by atoms with Crippen molar-refractivity contribution in [2.24, 2.45) is 0 Å². The van der Waals surface area contributed by atoms with E-state index in [0.29, 0.717) is 37.4 Å². The molecule has 0 spiro atoms. The molecule has 1 aliphatic rings. The second-order valence-electron chi connectivity index (χ2n) is 6.86. The van der Waals surface area contributed by atoms with Crippen molar-refractivity contribution in [3.63, 3.8) is 0 Å². The number of ketones is 1. The Morgan fingerprint density at radius 3 is 2.24 bits per heavy atom. The maximum atomic E-state index is 12.8. The van der Waals surface area contributed by atoms with Crippen LogP contribution in [0.2, 0.25) is 0 Å². The molecule has 1 saturated heterocycles. The Morgan fingerprint density at radius 1 is 0.966 bits per heavy atom. The highest BCUT2D eigenvalue weighted by atomic mass is 16.3.